The molecule has 1 aliphatic heterocycles. The van der Waals surface area contributed by atoms with Crippen LogP contribution in [0.15, 0.2) is 0 Å². The van der Waals surface area contributed by atoms with Crippen LogP contribution in [0.3, 0.4) is 0 Å². The maximum absolute atomic E-state index is 11.9. The third kappa shape index (κ3) is 3.85. The zero-order valence-corrected chi connectivity index (χ0v) is 12.1. The van der Waals surface area contributed by atoms with E-state index < -0.39 is 17.3 Å². The van der Waals surface area contributed by atoms with E-state index in [2.05, 4.69) is 5.32 Å². The van der Waals surface area contributed by atoms with Gasteiger partial charge in [-0.05, 0) is 33.6 Å². The average molecular weight is 286 g/mol. The van der Waals surface area contributed by atoms with Crippen LogP contribution in [0.5, 0.6) is 0 Å². The molecule has 1 saturated heterocycles. The summed E-state index contributed by atoms with van der Waals surface area (Å²) in [5.41, 5.74) is -1.45. The lowest BCUT2D eigenvalue weighted by molar-refractivity contribution is -0.153. The molecule has 2 N–H and O–H groups in total. The molecule has 1 aliphatic rings. The number of carboxylic acid groups (broad SMARTS) is 1. The van der Waals surface area contributed by atoms with Gasteiger partial charge in [-0.2, -0.15) is 0 Å². The molecule has 1 rings (SSSR count). The fraction of sp³-hybridized carbons (Fsp3) is 0.769. The summed E-state index contributed by atoms with van der Waals surface area (Å²) in [6, 6.07) is -0.105. The van der Waals surface area contributed by atoms with Crippen LogP contribution in [0.1, 0.15) is 33.6 Å². The van der Waals surface area contributed by atoms with E-state index in [1.165, 1.54) is 13.8 Å². The van der Waals surface area contributed by atoms with Crippen molar-refractivity contribution in [3.05, 3.63) is 0 Å². The van der Waals surface area contributed by atoms with Crippen molar-refractivity contribution >= 4 is 18.0 Å². The molecule has 20 heavy (non-hydrogen) atoms. The highest BCUT2D eigenvalue weighted by molar-refractivity contribution is 6.01. The number of piperidine rings is 1. The first-order valence-electron chi connectivity index (χ1n) is 6.75. The molecule has 0 bridgehead atoms. The summed E-state index contributed by atoms with van der Waals surface area (Å²) in [4.78, 5) is 36.0. The Balaban J connectivity index is 2.45. The second-order valence-electron chi connectivity index (χ2n) is 5.36. The number of hydrogen-bond acceptors (Lipinski definition) is 4. The van der Waals surface area contributed by atoms with Gasteiger partial charge in [0.15, 0.2) is 0 Å². The van der Waals surface area contributed by atoms with Crippen molar-refractivity contribution < 1.29 is 24.2 Å². The summed E-state index contributed by atoms with van der Waals surface area (Å²) in [7, 11) is 0. The van der Waals surface area contributed by atoms with Gasteiger partial charge in [0.05, 0.1) is 6.61 Å². The van der Waals surface area contributed by atoms with Gasteiger partial charge in [0.1, 0.15) is 5.41 Å². The van der Waals surface area contributed by atoms with Crippen molar-refractivity contribution in [2.45, 2.75) is 39.7 Å². The van der Waals surface area contributed by atoms with Gasteiger partial charge in [-0.1, -0.05) is 0 Å². The summed E-state index contributed by atoms with van der Waals surface area (Å²) in [5, 5.41) is 11.7. The maximum Gasteiger partial charge on any atom is 0.409 e. The van der Waals surface area contributed by atoms with Crippen LogP contribution in [-0.2, 0) is 14.3 Å². The van der Waals surface area contributed by atoms with E-state index in [4.69, 9.17) is 9.84 Å². The number of nitrogens with zero attached hydrogens (tertiary/aromatic N) is 1. The van der Waals surface area contributed by atoms with E-state index in [-0.39, 0.29) is 12.1 Å². The highest BCUT2D eigenvalue weighted by atomic mass is 16.6. The number of carbonyl (C=O) groups is 3. The number of ether oxygens (including phenoxy) is 1. The van der Waals surface area contributed by atoms with Gasteiger partial charge >= 0.3 is 12.1 Å². The number of hydrogen-bond donors (Lipinski definition) is 2. The topological polar surface area (TPSA) is 95.9 Å². The van der Waals surface area contributed by atoms with E-state index in [1.807, 2.05) is 0 Å². The average Bonchev–Trinajstić information content (AvgIpc) is 2.39. The van der Waals surface area contributed by atoms with Gasteiger partial charge in [0, 0.05) is 19.1 Å². The normalized spacial score (nSPS) is 16.6. The Morgan fingerprint density at radius 2 is 1.85 bits per heavy atom. The predicted octanol–water partition coefficient (Wildman–Crippen LogP) is 0.834. The number of aliphatic carboxylic acids is 1. The lowest BCUT2D eigenvalue weighted by Crippen LogP contribution is -2.51. The molecular weight excluding hydrogens is 264 g/mol. The Labute approximate surface area is 118 Å². The molecule has 7 heteroatoms. The predicted molar refractivity (Wildman–Crippen MR) is 71.2 cm³/mol. The van der Waals surface area contributed by atoms with Gasteiger partial charge in [0.2, 0.25) is 5.91 Å². The lowest BCUT2D eigenvalue weighted by Gasteiger charge is -2.32. The highest BCUT2D eigenvalue weighted by Gasteiger charge is 2.37. The van der Waals surface area contributed by atoms with Crippen molar-refractivity contribution in [3.8, 4) is 0 Å². The van der Waals surface area contributed by atoms with E-state index in [0.29, 0.717) is 32.5 Å². The van der Waals surface area contributed by atoms with Crippen LogP contribution in [0.25, 0.3) is 0 Å². The Kier molecular flexibility index (Phi) is 5.35. The van der Waals surface area contributed by atoms with E-state index in [1.54, 1.807) is 11.8 Å². The van der Waals surface area contributed by atoms with Gasteiger partial charge < -0.3 is 20.1 Å². The number of rotatable bonds is 4. The van der Waals surface area contributed by atoms with Crippen LogP contribution in [0.4, 0.5) is 4.79 Å². The molecule has 0 aromatic heterocycles. The van der Waals surface area contributed by atoms with Gasteiger partial charge in [0.25, 0.3) is 0 Å². The molecule has 0 radical (unpaired) electrons. The van der Waals surface area contributed by atoms with Crippen molar-refractivity contribution in [2.24, 2.45) is 5.41 Å². The molecule has 0 aromatic carbocycles. The van der Waals surface area contributed by atoms with Gasteiger partial charge in [-0.3, -0.25) is 9.59 Å². The zero-order valence-electron chi connectivity index (χ0n) is 12.1. The first-order valence-corrected chi connectivity index (χ1v) is 6.75. The van der Waals surface area contributed by atoms with Gasteiger partial charge in [-0.15, -0.1) is 0 Å². The van der Waals surface area contributed by atoms with Crippen LogP contribution in [0, 0.1) is 5.41 Å². The minimum absolute atomic E-state index is 0.105. The highest BCUT2D eigenvalue weighted by Crippen LogP contribution is 2.18. The third-order valence-corrected chi connectivity index (χ3v) is 3.46. The van der Waals surface area contributed by atoms with Gasteiger partial charge in [-0.25, -0.2) is 4.79 Å². The summed E-state index contributed by atoms with van der Waals surface area (Å²) in [6.45, 7) is 5.83. The number of carboxylic acids is 1. The van der Waals surface area contributed by atoms with Crippen LogP contribution in [0.2, 0.25) is 0 Å². The maximum atomic E-state index is 11.9. The van der Waals surface area contributed by atoms with Crippen LogP contribution < -0.4 is 5.32 Å². The number of carbonyl (C=O) groups excluding carboxylic acids is 2. The molecule has 0 saturated carbocycles. The van der Waals surface area contributed by atoms with Crippen LogP contribution in [-0.4, -0.2) is 53.7 Å². The standard InChI is InChI=1S/C13H22N2O5/c1-4-20-12(19)15-7-5-9(6-8-15)14-10(16)13(2,3)11(17)18/h9H,4-8H2,1-3H3,(H,14,16)(H,17,18). The summed E-state index contributed by atoms with van der Waals surface area (Å²) < 4.78 is 4.91. The SMILES string of the molecule is CCOC(=O)N1CCC(NC(=O)C(C)(C)C(=O)O)CC1. The number of nitrogens with one attached hydrogen (secondary N) is 1. The summed E-state index contributed by atoms with van der Waals surface area (Å²) in [6.07, 6.45) is 0.851. The molecule has 0 unspecified atom stereocenters. The minimum Gasteiger partial charge on any atom is -0.480 e. The smallest absolute Gasteiger partial charge is 0.409 e. The molecule has 0 atom stereocenters. The molecular formula is C13H22N2O5. The van der Waals surface area contributed by atoms with Crippen molar-refractivity contribution in [2.75, 3.05) is 19.7 Å². The Hall–Kier alpha value is -1.79. The molecule has 0 spiro atoms. The second kappa shape index (κ2) is 6.58. The zero-order chi connectivity index (χ0) is 15.3. The first kappa shape index (κ1) is 16.3. The third-order valence-electron chi connectivity index (χ3n) is 3.46. The minimum atomic E-state index is -1.45. The van der Waals surface area contributed by atoms with Crippen molar-refractivity contribution in [3.63, 3.8) is 0 Å². The molecule has 7 nitrogen and oxygen atoms in total. The molecule has 114 valence electrons. The Morgan fingerprint density at radius 3 is 2.30 bits per heavy atom. The molecule has 2 amide bonds. The number of amides is 2. The monoisotopic (exact) mass is 286 g/mol. The molecule has 1 fully saturated rings. The van der Waals surface area contributed by atoms with E-state index >= 15 is 0 Å². The largest absolute Gasteiger partial charge is 0.480 e. The summed E-state index contributed by atoms with van der Waals surface area (Å²) >= 11 is 0. The Bertz CT molecular complexity index is 386. The van der Waals surface area contributed by atoms with Crippen LogP contribution >= 0.6 is 0 Å². The fourth-order valence-corrected chi connectivity index (χ4v) is 1.88. The summed E-state index contributed by atoms with van der Waals surface area (Å²) in [5.74, 6) is -1.65. The quantitative estimate of drug-likeness (QED) is 0.746. The van der Waals surface area contributed by atoms with E-state index in [9.17, 15) is 14.4 Å². The molecule has 1 heterocycles. The Morgan fingerprint density at radius 1 is 1.30 bits per heavy atom. The lowest BCUT2D eigenvalue weighted by atomic mass is 9.91. The van der Waals surface area contributed by atoms with E-state index in [0.717, 1.165) is 0 Å². The van der Waals surface area contributed by atoms with Crippen molar-refractivity contribution in [1.29, 1.82) is 0 Å². The number of likely N-dealkylation sites (tertiary alicyclic amines) is 1. The second-order valence-corrected chi connectivity index (χ2v) is 5.36. The molecule has 0 aliphatic carbocycles. The fourth-order valence-electron chi connectivity index (χ4n) is 1.88. The first-order chi connectivity index (χ1) is 9.28. The molecule has 0 aromatic rings. The van der Waals surface area contributed by atoms with Crippen molar-refractivity contribution in [1.82, 2.24) is 10.2 Å².